The maximum Gasteiger partial charge on any atom is 0.502 e. The molecule has 0 aliphatic carbocycles. The molecule has 0 unspecified atom stereocenters. The van der Waals surface area contributed by atoms with Gasteiger partial charge < -0.3 is 9.47 Å². The Hall–Kier alpha value is -2.08. The molecule has 0 aromatic heterocycles. The van der Waals surface area contributed by atoms with Gasteiger partial charge in [-0.3, -0.25) is 0 Å². The molecule has 2 rings (SSSR count). The van der Waals surface area contributed by atoms with E-state index < -0.39 is 12.1 Å². The van der Waals surface area contributed by atoms with Crippen LogP contribution >= 0.6 is 11.8 Å². The molecule has 0 fully saturated rings. The van der Waals surface area contributed by atoms with Gasteiger partial charge in [-0.2, -0.15) is 8.78 Å². The lowest BCUT2D eigenvalue weighted by Crippen LogP contribution is -2.36. The molecule has 2 aromatic carbocycles. The van der Waals surface area contributed by atoms with Crippen molar-refractivity contribution >= 4 is 17.7 Å². The molecule has 122 valence electrons. The van der Waals surface area contributed by atoms with E-state index >= 15 is 0 Å². The van der Waals surface area contributed by atoms with Gasteiger partial charge in [-0.05, 0) is 36.8 Å². The Labute approximate surface area is 137 Å². The first-order valence-corrected chi connectivity index (χ1v) is 8.00. The summed E-state index contributed by atoms with van der Waals surface area (Å²) in [4.78, 5) is 12.0. The zero-order valence-corrected chi connectivity index (χ0v) is 13.3. The van der Waals surface area contributed by atoms with Gasteiger partial charge in [0.1, 0.15) is 5.75 Å². The maximum atomic E-state index is 13.5. The van der Waals surface area contributed by atoms with Crippen molar-refractivity contribution in [2.45, 2.75) is 23.7 Å². The second-order valence-corrected chi connectivity index (χ2v) is 5.63. The minimum absolute atomic E-state index is 0.0906. The Morgan fingerprint density at radius 1 is 1.09 bits per heavy atom. The fourth-order valence-corrected chi connectivity index (χ4v) is 2.60. The van der Waals surface area contributed by atoms with Crippen LogP contribution in [0.2, 0.25) is 0 Å². The number of thioether (sulfide) groups is 1. The fraction of sp³-hybridized carbons (Fsp3) is 0.235. The molecule has 0 radical (unpaired) electrons. The number of ether oxygens (including phenoxy) is 2. The molecule has 6 heteroatoms. The molecule has 0 aliphatic heterocycles. The highest BCUT2D eigenvalue weighted by Gasteiger charge is 2.44. The van der Waals surface area contributed by atoms with Crippen LogP contribution in [0.3, 0.4) is 0 Å². The van der Waals surface area contributed by atoms with Crippen LogP contribution in [0, 0.1) is 0 Å². The van der Waals surface area contributed by atoms with Gasteiger partial charge in [-0.1, -0.05) is 30.3 Å². The van der Waals surface area contributed by atoms with E-state index in [9.17, 15) is 13.6 Å². The van der Waals surface area contributed by atoms with Crippen molar-refractivity contribution < 1.29 is 23.0 Å². The third-order valence-corrected chi connectivity index (χ3v) is 3.91. The van der Waals surface area contributed by atoms with Crippen LogP contribution in [-0.2, 0) is 15.3 Å². The molecule has 0 saturated heterocycles. The van der Waals surface area contributed by atoms with E-state index in [2.05, 4.69) is 9.47 Å². The van der Waals surface area contributed by atoms with Crippen LogP contribution in [0.4, 0.5) is 8.78 Å². The summed E-state index contributed by atoms with van der Waals surface area (Å²) in [5, 5.41) is 0. The molecule has 23 heavy (non-hydrogen) atoms. The van der Waals surface area contributed by atoms with Crippen molar-refractivity contribution in [2.75, 3.05) is 6.61 Å². The van der Waals surface area contributed by atoms with Crippen LogP contribution in [0.25, 0.3) is 0 Å². The Morgan fingerprint density at radius 3 is 2.35 bits per heavy atom. The SMILES string of the molecule is CCOC(=O)C(F)(F)Oc1ccc(SCc2ccccc2)cc1. The van der Waals surface area contributed by atoms with Crippen molar-refractivity contribution in [3.63, 3.8) is 0 Å². The van der Waals surface area contributed by atoms with Gasteiger partial charge in [0.2, 0.25) is 0 Å². The first-order chi connectivity index (χ1) is 11.0. The van der Waals surface area contributed by atoms with Crippen molar-refractivity contribution in [1.29, 1.82) is 0 Å². The lowest BCUT2D eigenvalue weighted by molar-refractivity contribution is -0.216. The van der Waals surface area contributed by atoms with E-state index in [0.29, 0.717) is 0 Å². The van der Waals surface area contributed by atoms with Crippen LogP contribution in [0.1, 0.15) is 12.5 Å². The Morgan fingerprint density at radius 2 is 1.74 bits per heavy atom. The minimum atomic E-state index is -3.99. The quantitative estimate of drug-likeness (QED) is 0.549. The molecule has 0 saturated carbocycles. The normalized spacial score (nSPS) is 11.1. The van der Waals surface area contributed by atoms with Crippen molar-refractivity contribution in [2.24, 2.45) is 0 Å². The van der Waals surface area contributed by atoms with E-state index in [-0.39, 0.29) is 12.4 Å². The zero-order chi connectivity index (χ0) is 16.7. The summed E-state index contributed by atoms with van der Waals surface area (Å²) in [6, 6.07) is 16.1. The van der Waals surface area contributed by atoms with Gasteiger partial charge in [0.05, 0.1) is 6.61 Å². The third kappa shape index (κ3) is 5.25. The monoisotopic (exact) mass is 338 g/mol. The highest BCUT2D eigenvalue weighted by Crippen LogP contribution is 2.27. The van der Waals surface area contributed by atoms with Crippen molar-refractivity contribution in [1.82, 2.24) is 0 Å². The average molecular weight is 338 g/mol. The second-order valence-electron chi connectivity index (χ2n) is 4.58. The van der Waals surface area contributed by atoms with E-state index in [1.165, 1.54) is 24.6 Å². The summed E-state index contributed by atoms with van der Waals surface area (Å²) in [5.41, 5.74) is 1.17. The molecule has 0 atom stereocenters. The summed E-state index contributed by atoms with van der Waals surface area (Å²) >= 11 is 1.58. The van der Waals surface area contributed by atoms with Gasteiger partial charge in [0.25, 0.3) is 0 Å². The van der Waals surface area contributed by atoms with Gasteiger partial charge in [0, 0.05) is 10.6 Å². The van der Waals surface area contributed by atoms with Gasteiger partial charge in [-0.15, -0.1) is 11.8 Å². The lowest BCUT2D eigenvalue weighted by Gasteiger charge is -2.16. The van der Waals surface area contributed by atoms with E-state index in [1.54, 1.807) is 23.9 Å². The first-order valence-electron chi connectivity index (χ1n) is 7.02. The smallest absolute Gasteiger partial charge is 0.459 e. The molecule has 0 spiro atoms. The van der Waals surface area contributed by atoms with Crippen LogP contribution in [-0.4, -0.2) is 18.7 Å². The van der Waals surface area contributed by atoms with Gasteiger partial charge >= 0.3 is 12.1 Å². The molecule has 0 amide bonds. The molecule has 0 N–H and O–H groups in total. The van der Waals surface area contributed by atoms with Gasteiger partial charge in [0.15, 0.2) is 0 Å². The number of halogens is 2. The Bertz CT molecular complexity index is 630. The lowest BCUT2D eigenvalue weighted by atomic mass is 10.2. The van der Waals surface area contributed by atoms with Crippen LogP contribution < -0.4 is 4.74 Å². The third-order valence-electron chi connectivity index (χ3n) is 2.83. The average Bonchev–Trinajstić information content (AvgIpc) is 2.55. The molecular formula is C17H16F2O3S. The number of alkyl halides is 2. The number of rotatable bonds is 7. The summed E-state index contributed by atoms with van der Waals surface area (Å²) in [6.45, 7) is 1.32. The summed E-state index contributed by atoms with van der Waals surface area (Å²) in [5.74, 6) is -1.00. The second kappa shape index (κ2) is 7.97. The molecule has 0 aliphatic rings. The van der Waals surface area contributed by atoms with E-state index in [1.807, 2.05) is 30.3 Å². The molecule has 2 aromatic rings. The fourth-order valence-electron chi connectivity index (χ4n) is 1.75. The molecular weight excluding hydrogens is 322 g/mol. The largest absolute Gasteiger partial charge is 0.502 e. The first kappa shape index (κ1) is 17.3. The highest BCUT2D eigenvalue weighted by atomic mass is 32.2. The zero-order valence-electron chi connectivity index (χ0n) is 12.5. The minimum Gasteiger partial charge on any atom is -0.459 e. The number of hydrogen-bond acceptors (Lipinski definition) is 4. The number of carbonyl (C=O) groups is 1. The molecule has 3 nitrogen and oxygen atoms in total. The highest BCUT2D eigenvalue weighted by molar-refractivity contribution is 7.98. The van der Waals surface area contributed by atoms with Crippen LogP contribution in [0.5, 0.6) is 5.75 Å². The van der Waals surface area contributed by atoms with E-state index in [0.717, 1.165) is 10.6 Å². The number of esters is 1. The predicted octanol–water partition coefficient (Wildman–Crippen LogP) is 4.51. The molecule has 0 heterocycles. The Kier molecular flexibility index (Phi) is 5.98. The summed E-state index contributed by atoms with van der Waals surface area (Å²) in [7, 11) is 0. The molecule has 0 bridgehead atoms. The topological polar surface area (TPSA) is 35.5 Å². The van der Waals surface area contributed by atoms with Gasteiger partial charge in [-0.25, -0.2) is 4.79 Å². The van der Waals surface area contributed by atoms with Crippen molar-refractivity contribution in [3.05, 3.63) is 60.2 Å². The summed E-state index contributed by atoms with van der Waals surface area (Å²) < 4.78 is 35.6. The standard InChI is InChI=1S/C17H16F2O3S/c1-2-21-16(20)17(18,19)22-14-8-10-15(11-9-14)23-12-13-6-4-3-5-7-13/h3-11H,2,12H2,1H3. The van der Waals surface area contributed by atoms with E-state index in [4.69, 9.17) is 0 Å². The maximum absolute atomic E-state index is 13.5. The van der Waals surface area contributed by atoms with Crippen molar-refractivity contribution in [3.8, 4) is 5.75 Å². The Balaban J connectivity index is 1.93. The number of hydrogen-bond donors (Lipinski definition) is 0. The van der Waals surface area contributed by atoms with Crippen LogP contribution in [0.15, 0.2) is 59.5 Å². The number of carbonyl (C=O) groups excluding carboxylic acids is 1. The summed E-state index contributed by atoms with van der Waals surface area (Å²) in [6.07, 6.45) is -3.99. The predicted molar refractivity (Wildman–Crippen MR) is 84.7 cm³/mol. The number of benzene rings is 2.